The lowest BCUT2D eigenvalue weighted by Gasteiger charge is -2.11. The summed E-state index contributed by atoms with van der Waals surface area (Å²) in [5, 5.41) is 1.31. The van der Waals surface area contributed by atoms with Gasteiger partial charge in [0.2, 0.25) is 5.78 Å². The molecule has 0 fully saturated rings. The number of hydrogen-bond acceptors (Lipinski definition) is 3. The van der Waals surface area contributed by atoms with Crippen molar-refractivity contribution in [3.05, 3.63) is 119 Å². The molecule has 4 nitrogen and oxygen atoms in total. The lowest BCUT2D eigenvalue weighted by atomic mass is 9.97. The third-order valence-corrected chi connectivity index (χ3v) is 6.54. The van der Waals surface area contributed by atoms with Crippen LogP contribution in [0.15, 0.2) is 91.1 Å². The molecule has 0 saturated carbocycles. The Morgan fingerprint density at radius 3 is 2.40 bits per heavy atom. The minimum Gasteiger partial charge on any atom is -0.487 e. The van der Waals surface area contributed by atoms with Crippen LogP contribution < -0.4 is 4.74 Å². The zero-order valence-electron chi connectivity index (χ0n) is 19.3. The van der Waals surface area contributed by atoms with Gasteiger partial charge in [0.25, 0.3) is 5.24 Å². The number of rotatable bonds is 8. The Labute approximate surface area is 208 Å². The molecule has 0 radical (unpaired) electrons. The van der Waals surface area contributed by atoms with Crippen LogP contribution in [0.25, 0.3) is 16.3 Å². The summed E-state index contributed by atoms with van der Waals surface area (Å²) >= 11 is 5.73. The highest BCUT2D eigenvalue weighted by Gasteiger charge is 2.28. The molecule has 0 amide bonds. The zero-order valence-corrected chi connectivity index (χ0v) is 20.1. The first kappa shape index (κ1) is 22.9. The highest BCUT2D eigenvalue weighted by atomic mass is 35.5. The van der Waals surface area contributed by atoms with Crippen molar-refractivity contribution >= 4 is 38.9 Å². The molecule has 2 aromatic heterocycles. The van der Waals surface area contributed by atoms with Gasteiger partial charge in [-0.2, -0.15) is 0 Å². The van der Waals surface area contributed by atoms with Crippen LogP contribution in [0.1, 0.15) is 39.7 Å². The fourth-order valence-corrected chi connectivity index (χ4v) is 4.88. The molecule has 0 aliphatic carbocycles. The second-order valence-electron chi connectivity index (χ2n) is 8.44. The standard InChI is InChI=1S/C30H24ClNO3/c1-2-23-25(18-22-14-8-13-21-12-6-7-15-24(21)22)32-17-9-16-26(28(32)27(23)29(33)30(31)34)35-19-20-10-4-3-5-11-20/h3-17H,2,18-19H2,1H3. The molecule has 3 aromatic carbocycles. The van der Waals surface area contributed by atoms with E-state index in [2.05, 4.69) is 24.3 Å². The van der Waals surface area contributed by atoms with Crippen molar-refractivity contribution in [1.82, 2.24) is 4.40 Å². The van der Waals surface area contributed by atoms with E-state index < -0.39 is 11.0 Å². The summed E-state index contributed by atoms with van der Waals surface area (Å²) in [5.74, 6) is -0.169. The number of carbonyl (C=O) groups is 2. The second kappa shape index (κ2) is 9.77. The Kier molecular flexibility index (Phi) is 6.39. The van der Waals surface area contributed by atoms with E-state index in [1.807, 2.05) is 78.2 Å². The number of Topliss-reactive ketones (excluding diaryl/α,β-unsaturated/α-hetero) is 1. The number of halogens is 1. The molecule has 0 unspecified atom stereocenters. The zero-order chi connectivity index (χ0) is 24.4. The van der Waals surface area contributed by atoms with Crippen LogP contribution in [0.4, 0.5) is 0 Å². The van der Waals surface area contributed by atoms with Gasteiger partial charge in [-0.15, -0.1) is 0 Å². The van der Waals surface area contributed by atoms with E-state index in [1.165, 1.54) is 0 Å². The first-order valence-corrected chi connectivity index (χ1v) is 12.0. The van der Waals surface area contributed by atoms with Crippen molar-refractivity contribution in [2.75, 3.05) is 0 Å². The molecule has 0 bridgehead atoms. The van der Waals surface area contributed by atoms with Crippen LogP contribution in [0.2, 0.25) is 0 Å². The normalized spacial score (nSPS) is 11.1. The van der Waals surface area contributed by atoms with Gasteiger partial charge in [-0.3, -0.25) is 9.59 Å². The van der Waals surface area contributed by atoms with Gasteiger partial charge in [-0.1, -0.05) is 79.7 Å². The molecule has 5 heteroatoms. The Bertz CT molecular complexity index is 1550. The number of pyridine rings is 1. The van der Waals surface area contributed by atoms with Gasteiger partial charge in [0.1, 0.15) is 12.4 Å². The molecule has 2 heterocycles. The van der Waals surface area contributed by atoms with E-state index >= 15 is 0 Å². The summed E-state index contributed by atoms with van der Waals surface area (Å²) in [6.45, 7) is 2.33. The van der Waals surface area contributed by atoms with Crippen molar-refractivity contribution < 1.29 is 14.3 Å². The first-order chi connectivity index (χ1) is 17.1. The van der Waals surface area contributed by atoms with Crippen molar-refractivity contribution in [2.24, 2.45) is 0 Å². The second-order valence-corrected chi connectivity index (χ2v) is 8.78. The fourth-order valence-electron chi connectivity index (χ4n) is 4.78. The molecule has 0 atom stereocenters. The van der Waals surface area contributed by atoms with E-state index in [0.717, 1.165) is 33.2 Å². The Hall–Kier alpha value is -3.89. The van der Waals surface area contributed by atoms with Crippen LogP contribution >= 0.6 is 11.6 Å². The average Bonchev–Trinajstić information content (AvgIpc) is 3.21. The van der Waals surface area contributed by atoms with Crippen LogP contribution in [-0.4, -0.2) is 15.4 Å². The van der Waals surface area contributed by atoms with E-state index in [4.69, 9.17) is 16.3 Å². The summed E-state index contributed by atoms with van der Waals surface area (Å²) in [7, 11) is 0. The van der Waals surface area contributed by atoms with Crippen molar-refractivity contribution in [3.63, 3.8) is 0 Å². The van der Waals surface area contributed by atoms with Gasteiger partial charge < -0.3 is 9.14 Å². The number of ether oxygens (including phenoxy) is 1. The van der Waals surface area contributed by atoms with E-state index in [0.29, 0.717) is 36.3 Å². The van der Waals surface area contributed by atoms with Gasteiger partial charge in [0.05, 0.1) is 11.1 Å². The summed E-state index contributed by atoms with van der Waals surface area (Å²) in [6, 6.07) is 28.0. The van der Waals surface area contributed by atoms with E-state index in [9.17, 15) is 9.59 Å². The molecule has 35 heavy (non-hydrogen) atoms. The van der Waals surface area contributed by atoms with E-state index in [-0.39, 0.29) is 0 Å². The molecule has 174 valence electrons. The highest BCUT2D eigenvalue weighted by Crippen LogP contribution is 2.35. The minimum atomic E-state index is -0.998. The molecule has 0 aliphatic rings. The monoisotopic (exact) mass is 481 g/mol. The number of nitrogens with zero attached hydrogens (tertiary/aromatic N) is 1. The van der Waals surface area contributed by atoms with Gasteiger partial charge in [0.15, 0.2) is 0 Å². The molecule has 5 rings (SSSR count). The Balaban J connectivity index is 1.69. The van der Waals surface area contributed by atoms with Gasteiger partial charge in [-0.05, 0) is 57.6 Å². The lowest BCUT2D eigenvalue weighted by molar-refractivity contribution is -0.108. The maximum absolute atomic E-state index is 13.1. The summed E-state index contributed by atoms with van der Waals surface area (Å²) in [5.41, 5.74) is 4.82. The van der Waals surface area contributed by atoms with Crippen LogP contribution in [0, 0.1) is 0 Å². The number of hydrogen-bond donors (Lipinski definition) is 0. The SMILES string of the molecule is CCc1c(C(=O)C(=O)Cl)c2c(OCc3ccccc3)cccn2c1Cc1cccc2ccccc12. The number of carbonyl (C=O) groups excluding carboxylic acids is 2. The summed E-state index contributed by atoms with van der Waals surface area (Å²) in [6.07, 6.45) is 3.09. The maximum atomic E-state index is 13.1. The number of benzene rings is 3. The third kappa shape index (κ3) is 4.33. The number of aromatic nitrogens is 1. The molecule has 0 aliphatic heterocycles. The molecular weight excluding hydrogens is 458 g/mol. The summed E-state index contributed by atoms with van der Waals surface area (Å²) in [4.78, 5) is 25.1. The Morgan fingerprint density at radius 2 is 1.63 bits per heavy atom. The molecule has 0 saturated heterocycles. The quantitative estimate of drug-likeness (QED) is 0.139. The fraction of sp³-hybridized carbons (Fsp3) is 0.133. The highest BCUT2D eigenvalue weighted by molar-refractivity contribution is 6.83. The molecule has 0 N–H and O–H groups in total. The Morgan fingerprint density at radius 1 is 0.886 bits per heavy atom. The third-order valence-electron chi connectivity index (χ3n) is 6.37. The van der Waals surface area contributed by atoms with Crippen LogP contribution in [0.5, 0.6) is 5.75 Å². The number of ketones is 1. The first-order valence-electron chi connectivity index (χ1n) is 11.6. The summed E-state index contributed by atoms with van der Waals surface area (Å²) < 4.78 is 8.16. The topological polar surface area (TPSA) is 47.8 Å². The molecule has 5 aromatic rings. The average molecular weight is 482 g/mol. The predicted molar refractivity (Wildman–Crippen MR) is 139 cm³/mol. The largest absolute Gasteiger partial charge is 0.487 e. The van der Waals surface area contributed by atoms with Gasteiger partial charge in [0, 0.05) is 18.3 Å². The molecular formula is C30H24ClNO3. The van der Waals surface area contributed by atoms with Crippen molar-refractivity contribution in [1.29, 1.82) is 0 Å². The lowest BCUT2D eigenvalue weighted by Crippen LogP contribution is -2.10. The minimum absolute atomic E-state index is 0.325. The van der Waals surface area contributed by atoms with Gasteiger partial charge in [-0.25, -0.2) is 0 Å². The van der Waals surface area contributed by atoms with Crippen LogP contribution in [-0.2, 0) is 24.2 Å². The number of fused-ring (bicyclic) bond motifs is 2. The van der Waals surface area contributed by atoms with Crippen LogP contribution in [0.3, 0.4) is 0 Å². The maximum Gasteiger partial charge on any atom is 0.293 e. The van der Waals surface area contributed by atoms with Crippen molar-refractivity contribution in [3.8, 4) is 5.75 Å². The van der Waals surface area contributed by atoms with E-state index in [1.54, 1.807) is 0 Å². The molecule has 0 spiro atoms. The smallest absolute Gasteiger partial charge is 0.293 e. The van der Waals surface area contributed by atoms with Gasteiger partial charge >= 0.3 is 0 Å². The van der Waals surface area contributed by atoms with Crippen molar-refractivity contribution in [2.45, 2.75) is 26.4 Å². The predicted octanol–water partition coefficient (Wildman–Crippen LogP) is 6.77.